The summed E-state index contributed by atoms with van der Waals surface area (Å²) >= 11 is 0. The van der Waals surface area contributed by atoms with Crippen LogP contribution in [0.15, 0.2) is 30.3 Å². The molecule has 112 valence electrons. The van der Waals surface area contributed by atoms with Crippen molar-refractivity contribution in [2.75, 3.05) is 26.3 Å². The van der Waals surface area contributed by atoms with Gasteiger partial charge in [-0.05, 0) is 23.8 Å². The zero-order valence-electron chi connectivity index (χ0n) is 11.8. The van der Waals surface area contributed by atoms with Crippen LogP contribution in [0.1, 0.15) is 18.4 Å². The first-order valence-corrected chi connectivity index (χ1v) is 7.17. The van der Waals surface area contributed by atoms with Crippen LogP contribution in [-0.2, 0) is 14.3 Å². The molecule has 2 fully saturated rings. The highest BCUT2D eigenvalue weighted by atomic mass is 19.1. The lowest BCUT2D eigenvalue weighted by Crippen LogP contribution is -2.46. The molecule has 2 aliphatic rings. The van der Waals surface area contributed by atoms with Crippen LogP contribution >= 0.6 is 0 Å². The van der Waals surface area contributed by atoms with Crippen LogP contribution < -0.4 is 0 Å². The van der Waals surface area contributed by atoms with Gasteiger partial charge in [-0.3, -0.25) is 4.79 Å². The Labute approximate surface area is 123 Å². The number of amides is 1. The largest absolute Gasteiger partial charge is 0.347 e. The fourth-order valence-electron chi connectivity index (χ4n) is 2.70. The summed E-state index contributed by atoms with van der Waals surface area (Å²) in [6.45, 7) is 2.54. The third-order valence-corrected chi connectivity index (χ3v) is 3.94. The van der Waals surface area contributed by atoms with Gasteiger partial charge in [0.15, 0.2) is 5.79 Å². The number of carbonyl (C=O) groups excluding carboxylic acids is 1. The van der Waals surface area contributed by atoms with Gasteiger partial charge in [0.1, 0.15) is 5.82 Å². The van der Waals surface area contributed by atoms with Crippen LogP contribution in [0.25, 0.3) is 6.08 Å². The van der Waals surface area contributed by atoms with E-state index in [2.05, 4.69) is 0 Å². The lowest BCUT2D eigenvalue weighted by molar-refractivity contribution is -0.186. The molecule has 0 N–H and O–H groups in total. The Kier molecular flexibility index (Phi) is 4.03. The molecule has 2 heterocycles. The molecular weight excluding hydrogens is 273 g/mol. The molecule has 0 aromatic heterocycles. The Balaban J connectivity index is 1.55. The number of piperidine rings is 1. The highest BCUT2D eigenvalue weighted by molar-refractivity contribution is 5.91. The van der Waals surface area contributed by atoms with Crippen molar-refractivity contribution in [3.8, 4) is 0 Å². The molecule has 4 nitrogen and oxygen atoms in total. The summed E-state index contributed by atoms with van der Waals surface area (Å²) in [5, 5.41) is 0. The molecule has 1 aromatic carbocycles. The van der Waals surface area contributed by atoms with Gasteiger partial charge < -0.3 is 14.4 Å². The van der Waals surface area contributed by atoms with E-state index in [0.717, 1.165) is 5.56 Å². The maximum Gasteiger partial charge on any atom is 0.246 e. The molecule has 0 aliphatic carbocycles. The topological polar surface area (TPSA) is 38.8 Å². The molecule has 2 aliphatic heterocycles. The number of hydrogen-bond donors (Lipinski definition) is 0. The SMILES string of the molecule is O=C(/C=C/c1ccc(F)cc1)N1CCC2(CC1)OCCO2. The van der Waals surface area contributed by atoms with Crippen molar-refractivity contribution >= 4 is 12.0 Å². The van der Waals surface area contributed by atoms with Crippen molar-refractivity contribution in [3.05, 3.63) is 41.7 Å². The molecule has 0 atom stereocenters. The van der Waals surface area contributed by atoms with Crippen LogP contribution in [-0.4, -0.2) is 42.9 Å². The number of nitrogens with zero attached hydrogens (tertiary/aromatic N) is 1. The zero-order valence-corrected chi connectivity index (χ0v) is 11.8. The van der Waals surface area contributed by atoms with E-state index in [4.69, 9.17) is 9.47 Å². The molecule has 0 unspecified atom stereocenters. The third-order valence-electron chi connectivity index (χ3n) is 3.94. The molecule has 0 bridgehead atoms. The van der Waals surface area contributed by atoms with Crippen LogP contribution in [0.2, 0.25) is 0 Å². The highest BCUT2D eigenvalue weighted by Crippen LogP contribution is 2.31. The quantitative estimate of drug-likeness (QED) is 0.784. The second-order valence-electron chi connectivity index (χ2n) is 5.32. The lowest BCUT2D eigenvalue weighted by atomic mass is 10.0. The maximum atomic E-state index is 12.8. The standard InChI is InChI=1S/C16H18FNO3/c17-14-4-1-13(2-5-14)3-6-15(19)18-9-7-16(8-10-18)20-11-12-21-16/h1-6H,7-12H2/b6-3+. The zero-order chi connectivity index (χ0) is 14.7. The minimum atomic E-state index is -0.461. The van der Waals surface area contributed by atoms with Gasteiger partial charge in [0.2, 0.25) is 5.91 Å². The number of likely N-dealkylation sites (tertiary alicyclic amines) is 1. The fraction of sp³-hybridized carbons (Fsp3) is 0.438. The Morgan fingerprint density at radius 3 is 2.38 bits per heavy atom. The van der Waals surface area contributed by atoms with Gasteiger partial charge in [-0.1, -0.05) is 12.1 Å². The average Bonchev–Trinajstić information content (AvgIpc) is 2.95. The van der Waals surface area contributed by atoms with E-state index in [0.29, 0.717) is 39.1 Å². The monoisotopic (exact) mass is 291 g/mol. The maximum absolute atomic E-state index is 12.8. The number of carbonyl (C=O) groups is 1. The average molecular weight is 291 g/mol. The minimum absolute atomic E-state index is 0.0350. The second-order valence-corrected chi connectivity index (χ2v) is 5.32. The van der Waals surface area contributed by atoms with Crippen LogP contribution in [0.3, 0.4) is 0 Å². The molecular formula is C16H18FNO3. The van der Waals surface area contributed by atoms with Gasteiger partial charge in [-0.15, -0.1) is 0 Å². The van der Waals surface area contributed by atoms with Crippen molar-refractivity contribution in [3.63, 3.8) is 0 Å². The van der Waals surface area contributed by atoms with Crippen molar-refractivity contribution in [2.24, 2.45) is 0 Å². The first kappa shape index (κ1) is 14.2. The predicted molar refractivity (Wildman–Crippen MR) is 75.9 cm³/mol. The molecule has 3 rings (SSSR count). The van der Waals surface area contributed by atoms with Crippen molar-refractivity contribution in [1.29, 1.82) is 0 Å². The van der Waals surface area contributed by atoms with Gasteiger partial charge in [0.05, 0.1) is 13.2 Å². The fourth-order valence-corrected chi connectivity index (χ4v) is 2.70. The Bertz CT molecular complexity index is 525. The van der Waals surface area contributed by atoms with E-state index in [9.17, 15) is 9.18 Å². The highest BCUT2D eigenvalue weighted by Gasteiger charge is 2.40. The first-order chi connectivity index (χ1) is 10.2. The number of hydrogen-bond acceptors (Lipinski definition) is 3. The van der Waals surface area contributed by atoms with Gasteiger partial charge in [0.25, 0.3) is 0 Å². The summed E-state index contributed by atoms with van der Waals surface area (Å²) in [5.41, 5.74) is 0.806. The van der Waals surface area contributed by atoms with Gasteiger partial charge >= 0.3 is 0 Å². The van der Waals surface area contributed by atoms with Crippen molar-refractivity contribution < 1.29 is 18.7 Å². The van der Waals surface area contributed by atoms with Gasteiger partial charge in [0, 0.05) is 32.0 Å². The van der Waals surface area contributed by atoms with Crippen LogP contribution in [0, 0.1) is 5.82 Å². The summed E-state index contributed by atoms with van der Waals surface area (Å²) in [6, 6.07) is 6.04. The molecule has 21 heavy (non-hydrogen) atoms. The van der Waals surface area contributed by atoms with E-state index in [-0.39, 0.29) is 11.7 Å². The predicted octanol–water partition coefficient (Wildman–Crippen LogP) is 2.20. The lowest BCUT2D eigenvalue weighted by Gasteiger charge is -2.37. The Hall–Kier alpha value is -1.72. The molecule has 2 saturated heterocycles. The third kappa shape index (κ3) is 3.31. The number of halogens is 1. The molecule has 1 spiro atoms. The number of ether oxygens (including phenoxy) is 2. The minimum Gasteiger partial charge on any atom is -0.347 e. The number of rotatable bonds is 2. The Morgan fingerprint density at radius 2 is 1.76 bits per heavy atom. The van der Waals surface area contributed by atoms with Gasteiger partial charge in [-0.2, -0.15) is 0 Å². The van der Waals surface area contributed by atoms with E-state index >= 15 is 0 Å². The molecule has 1 aromatic rings. The normalized spacial score (nSPS) is 21.3. The number of benzene rings is 1. The van der Waals surface area contributed by atoms with E-state index in [1.54, 1.807) is 23.1 Å². The summed E-state index contributed by atoms with van der Waals surface area (Å²) < 4.78 is 24.1. The summed E-state index contributed by atoms with van der Waals surface area (Å²) in [6.07, 6.45) is 4.66. The first-order valence-electron chi connectivity index (χ1n) is 7.17. The summed E-state index contributed by atoms with van der Waals surface area (Å²) in [4.78, 5) is 13.9. The van der Waals surface area contributed by atoms with Crippen LogP contribution in [0.4, 0.5) is 4.39 Å². The summed E-state index contributed by atoms with van der Waals surface area (Å²) in [7, 11) is 0. The van der Waals surface area contributed by atoms with Gasteiger partial charge in [-0.25, -0.2) is 4.39 Å². The smallest absolute Gasteiger partial charge is 0.246 e. The Morgan fingerprint density at radius 1 is 1.14 bits per heavy atom. The molecule has 1 amide bonds. The molecule has 0 saturated carbocycles. The second kappa shape index (κ2) is 5.95. The van der Waals surface area contributed by atoms with E-state index in [1.807, 2.05) is 0 Å². The molecule has 0 radical (unpaired) electrons. The molecule has 5 heteroatoms. The van der Waals surface area contributed by atoms with Crippen molar-refractivity contribution in [1.82, 2.24) is 4.90 Å². The van der Waals surface area contributed by atoms with E-state index < -0.39 is 5.79 Å². The van der Waals surface area contributed by atoms with Crippen molar-refractivity contribution in [2.45, 2.75) is 18.6 Å². The summed E-state index contributed by atoms with van der Waals surface area (Å²) in [5.74, 6) is -0.777. The van der Waals surface area contributed by atoms with Crippen LogP contribution in [0.5, 0.6) is 0 Å². The van der Waals surface area contributed by atoms with E-state index in [1.165, 1.54) is 18.2 Å².